The van der Waals surface area contributed by atoms with Crippen molar-refractivity contribution in [3.63, 3.8) is 0 Å². The predicted octanol–water partition coefficient (Wildman–Crippen LogP) is 2.54. The van der Waals surface area contributed by atoms with E-state index in [4.69, 9.17) is 0 Å². The maximum absolute atomic E-state index is 11.7. The summed E-state index contributed by atoms with van der Waals surface area (Å²) in [4.78, 5) is 0. The second-order valence-corrected chi connectivity index (χ2v) is 6.62. The van der Waals surface area contributed by atoms with E-state index in [1.165, 1.54) is 0 Å². The smallest absolute Gasteiger partial charge is 0.271 e. The van der Waals surface area contributed by atoms with Gasteiger partial charge in [-0.1, -0.05) is 26.0 Å². The van der Waals surface area contributed by atoms with Gasteiger partial charge >= 0.3 is 0 Å². The van der Waals surface area contributed by atoms with E-state index in [1.807, 2.05) is 18.2 Å². The average Bonchev–Trinajstić information content (AvgIpc) is 2.13. The van der Waals surface area contributed by atoms with Gasteiger partial charge in [0.15, 0.2) is 0 Å². The lowest BCUT2D eigenvalue weighted by Crippen LogP contribution is -2.35. The van der Waals surface area contributed by atoms with Crippen LogP contribution in [0.15, 0.2) is 24.3 Å². The molecule has 18 heavy (non-hydrogen) atoms. The number of rotatable bonds is 6. The van der Waals surface area contributed by atoms with E-state index in [2.05, 4.69) is 23.3 Å². The first-order valence-electron chi connectivity index (χ1n) is 6.17. The second kappa shape index (κ2) is 6.20. The fourth-order valence-electron chi connectivity index (χ4n) is 1.73. The van der Waals surface area contributed by atoms with Crippen LogP contribution < -0.4 is 9.44 Å². The molecule has 0 aliphatic rings. The van der Waals surface area contributed by atoms with Crippen molar-refractivity contribution in [2.75, 3.05) is 4.72 Å². The highest BCUT2D eigenvalue weighted by Crippen LogP contribution is 2.15. The van der Waals surface area contributed by atoms with Crippen molar-refractivity contribution in [2.24, 2.45) is 5.92 Å². The van der Waals surface area contributed by atoms with Gasteiger partial charge in [-0.15, -0.1) is 0 Å². The zero-order valence-corrected chi connectivity index (χ0v) is 12.2. The number of hydrogen-bond donors (Lipinski definition) is 2. The van der Waals surface area contributed by atoms with E-state index in [9.17, 15) is 8.42 Å². The van der Waals surface area contributed by atoms with E-state index in [1.54, 1.807) is 19.9 Å². The number of hydrogen-bond acceptors (Lipinski definition) is 2. The molecule has 0 heterocycles. The Kier molecular flexibility index (Phi) is 5.16. The van der Waals surface area contributed by atoms with Gasteiger partial charge in [-0.3, -0.25) is 4.72 Å². The van der Waals surface area contributed by atoms with Crippen molar-refractivity contribution in [3.8, 4) is 0 Å². The summed E-state index contributed by atoms with van der Waals surface area (Å²) in [5.41, 5.74) is 1.73. The Hall–Kier alpha value is -1.07. The first-order valence-corrected chi connectivity index (χ1v) is 7.66. The molecule has 1 aromatic carbocycles. The van der Waals surface area contributed by atoms with Gasteiger partial charge in [0.25, 0.3) is 10.2 Å². The molecule has 0 saturated carbocycles. The third kappa shape index (κ3) is 5.51. The van der Waals surface area contributed by atoms with E-state index >= 15 is 0 Å². The molecule has 0 bridgehead atoms. The van der Waals surface area contributed by atoms with Gasteiger partial charge in [0, 0.05) is 6.04 Å². The molecule has 0 aromatic heterocycles. The molecule has 0 atom stereocenters. The maximum atomic E-state index is 11.7. The molecule has 2 N–H and O–H groups in total. The van der Waals surface area contributed by atoms with Crippen LogP contribution in [0.5, 0.6) is 0 Å². The second-order valence-electron chi connectivity index (χ2n) is 5.18. The van der Waals surface area contributed by atoms with Crippen LogP contribution in [0.4, 0.5) is 5.69 Å². The molecule has 5 heteroatoms. The van der Waals surface area contributed by atoms with Gasteiger partial charge in [-0.05, 0) is 43.9 Å². The van der Waals surface area contributed by atoms with Gasteiger partial charge in [-0.25, -0.2) is 0 Å². The van der Waals surface area contributed by atoms with Gasteiger partial charge in [0.1, 0.15) is 0 Å². The Bertz CT molecular complexity index is 482. The Morgan fingerprint density at radius 1 is 1.17 bits per heavy atom. The van der Waals surface area contributed by atoms with Crippen LogP contribution in [0.1, 0.15) is 33.3 Å². The molecular formula is C13H22N2O2S. The standard InChI is InChI=1S/C13H22N2O2S/c1-10(2)8-12-6-5-7-13(9-12)15-18(16,17)14-11(3)4/h5-7,9-11,14-15H,8H2,1-4H3. The summed E-state index contributed by atoms with van der Waals surface area (Å²) in [5.74, 6) is 0.547. The number of anilines is 1. The van der Waals surface area contributed by atoms with Crippen molar-refractivity contribution in [3.05, 3.63) is 29.8 Å². The lowest BCUT2D eigenvalue weighted by Gasteiger charge is -2.13. The lowest BCUT2D eigenvalue weighted by molar-refractivity contribution is 0.575. The molecular weight excluding hydrogens is 248 g/mol. The predicted molar refractivity (Wildman–Crippen MR) is 75.8 cm³/mol. The Labute approximate surface area is 110 Å². The fourth-order valence-corrected chi connectivity index (χ4v) is 2.84. The Balaban J connectivity index is 2.79. The topological polar surface area (TPSA) is 58.2 Å². The minimum Gasteiger partial charge on any atom is -0.271 e. The number of nitrogens with one attached hydrogen (secondary N) is 2. The quantitative estimate of drug-likeness (QED) is 0.834. The minimum absolute atomic E-state index is 0.124. The molecule has 102 valence electrons. The van der Waals surface area contributed by atoms with Crippen molar-refractivity contribution >= 4 is 15.9 Å². The zero-order chi connectivity index (χ0) is 13.8. The third-order valence-electron chi connectivity index (χ3n) is 2.21. The van der Waals surface area contributed by atoms with Gasteiger partial charge in [-0.2, -0.15) is 13.1 Å². The van der Waals surface area contributed by atoms with E-state index in [0.717, 1.165) is 12.0 Å². The Morgan fingerprint density at radius 3 is 2.39 bits per heavy atom. The molecule has 0 fully saturated rings. The summed E-state index contributed by atoms with van der Waals surface area (Å²) in [7, 11) is -3.48. The number of benzene rings is 1. The van der Waals surface area contributed by atoms with Crippen molar-refractivity contribution in [2.45, 2.75) is 40.2 Å². The van der Waals surface area contributed by atoms with E-state index < -0.39 is 10.2 Å². The SMILES string of the molecule is CC(C)Cc1cccc(NS(=O)(=O)NC(C)C)c1. The molecule has 0 aliphatic heterocycles. The van der Waals surface area contributed by atoms with Crippen LogP contribution in [-0.2, 0) is 16.6 Å². The highest BCUT2D eigenvalue weighted by Gasteiger charge is 2.11. The maximum Gasteiger partial charge on any atom is 0.299 e. The molecule has 4 nitrogen and oxygen atoms in total. The monoisotopic (exact) mass is 270 g/mol. The summed E-state index contributed by atoms with van der Waals surface area (Å²) in [6.07, 6.45) is 0.938. The van der Waals surface area contributed by atoms with Crippen molar-refractivity contribution in [1.82, 2.24) is 4.72 Å². The largest absolute Gasteiger partial charge is 0.299 e. The van der Waals surface area contributed by atoms with Gasteiger partial charge < -0.3 is 0 Å². The van der Waals surface area contributed by atoms with Crippen molar-refractivity contribution < 1.29 is 8.42 Å². The molecule has 1 aromatic rings. The molecule has 0 unspecified atom stereocenters. The van der Waals surface area contributed by atoms with Crippen LogP contribution in [0, 0.1) is 5.92 Å². The molecule has 1 rings (SSSR count). The minimum atomic E-state index is -3.48. The summed E-state index contributed by atoms with van der Waals surface area (Å²) in [6, 6.07) is 7.38. The molecule has 0 spiro atoms. The summed E-state index contributed by atoms with van der Waals surface area (Å²) >= 11 is 0. The van der Waals surface area contributed by atoms with Crippen LogP contribution in [0.25, 0.3) is 0 Å². The van der Waals surface area contributed by atoms with Crippen LogP contribution >= 0.6 is 0 Å². The van der Waals surface area contributed by atoms with Crippen molar-refractivity contribution in [1.29, 1.82) is 0 Å². The normalized spacial score (nSPS) is 12.1. The van der Waals surface area contributed by atoms with Crippen LogP contribution in [0.3, 0.4) is 0 Å². The zero-order valence-electron chi connectivity index (χ0n) is 11.4. The highest BCUT2D eigenvalue weighted by atomic mass is 32.2. The molecule has 0 amide bonds. The first-order chi connectivity index (χ1) is 8.28. The summed E-state index contributed by atoms with van der Waals surface area (Å²) in [5, 5.41) is 0. The molecule has 0 saturated heterocycles. The van der Waals surface area contributed by atoms with Crippen LogP contribution in [0.2, 0.25) is 0 Å². The van der Waals surface area contributed by atoms with Gasteiger partial charge in [0.05, 0.1) is 5.69 Å². The first kappa shape index (κ1) is 15.0. The fraction of sp³-hybridized carbons (Fsp3) is 0.538. The van der Waals surface area contributed by atoms with Crippen LogP contribution in [-0.4, -0.2) is 14.5 Å². The third-order valence-corrected chi connectivity index (χ3v) is 3.50. The molecule has 0 radical (unpaired) electrons. The summed E-state index contributed by atoms with van der Waals surface area (Å²) < 4.78 is 28.5. The lowest BCUT2D eigenvalue weighted by atomic mass is 10.0. The highest BCUT2D eigenvalue weighted by molar-refractivity contribution is 7.90. The average molecular weight is 270 g/mol. The van der Waals surface area contributed by atoms with E-state index in [0.29, 0.717) is 11.6 Å². The van der Waals surface area contributed by atoms with Gasteiger partial charge in [0.2, 0.25) is 0 Å². The molecule has 0 aliphatic carbocycles. The summed E-state index contributed by atoms with van der Waals surface area (Å²) in [6.45, 7) is 7.84. The Morgan fingerprint density at radius 2 is 1.83 bits per heavy atom. The van der Waals surface area contributed by atoms with E-state index in [-0.39, 0.29) is 6.04 Å².